The van der Waals surface area contributed by atoms with E-state index >= 15 is 0 Å². The van der Waals surface area contributed by atoms with E-state index in [1.807, 2.05) is 0 Å². The number of halogens is 3. The molecule has 4 rings (SSSR count). The Morgan fingerprint density at radius 1 is 1.23 bits per heavy atom. The van der Waals surface area contributed by atoms with E-state index in [0.29, 0.717) is 38.9 Å². The van der Waals surface area contributed by atoms with Crippen LogP contribution < -0.4 is 11.1 Å². The van der Waals surface area contributed by atoms with Crippen LogP contribution in [-0.2, 0) is 17.5 Å². The molecule has 0 aromatic carbocycles. The topological polar surface area (TPSA) is 112 Å². The van der Waals surface area contributed by atoms with Gasteiger partial charge < -0.3 is 15.8 Å². The number of aromatic nitrogens is 3. The highest BCUT2D eigenvalue weighted by molar-refractivity contribution is 6.05. The minimum atomic E-state index is -4.73. The number of pyridine rings is 1. The summed E-state index contributed by atoms with van der Waals surface area (Å²) in [4.78, 5) is 28.1. The lowest BCUT2D eigenvalue weighted by Gasteiger charge is -2.22. The van der Waals surface area contributed by atoms with E-state index in [0.717, 1.165) is 0 Å². The lowest BCUT2D eigenvalue weighted by Crippen LogP contribution is -2.26. The molecule has 0 radical (unpaired) electrons. The second-order valence-electron chi connectivity index (χ2n) is 7.87. The van der Waals surface area contributed by atoms with Crippen LogP contribution in [0.15, 0.2) is 18.3 Å². The van der Waals surface area contributed by atoms with Gasteiger partial charge in [-0.25, -0.2) is 0 Å². The molecule has 8 nitrogen and oxygen atoms in total. The molecule has 1 aliphatic carbocycles. The van der Waals surface area contributed by atoms with Gasteiger partial charge >= 0.3 is 6.18 Å². The number of rotatable bonds is 6. The Bertz CT molecular complexity index is 994. The van der Waals surface area contributed by atoms with E-state index in [4.69, 9.17) is 10.5 Å². The average molecular weight is 437 g/mol. The smallest absolute Gasteiger partial charge is 0.381 e. The van der Waals surface area contributed by atoms with Crippen molar-refractivity contribution in [3.63, 3.8) is 0 Å². The highest BCUT2D eigenvalue weighted by Gasteiger charge is 2.46. The molecule has 2 aromatic rings. The molecule has 31 heavy (non-hydrogen) atoms. The van der Waals surface area contributed by atoms with Crippen molar-refractivity contribution in [1.82, 2.24) is 14.8 Å². The van der Waals surface area contributed by atoms with Gasteiger partial charge in [0, 0.05) is 37.6 Å². The van der Waals surface area contributed by atoms with E-state index in [9.17, 15) is 22.8 Å². The fourth-order valence-electron chi connectivity index (χ4n) is 3.77. The zero-order chi connectivity index (χ0) is 22.2. The number of hydrogen-bond acceptors (Lipinski definition) is 5. The van der Waals surface area contributed by atoms with Gasteiger partial charge in [-0.15, -0.1) is 0 Å². The van der Waals surface area contributed by atoms with Crippen molar-refractivity contribution in [2.45, 2.75) is 44.3 Å². The molecular formula is C20H22F3N5O3. The van der Waals surface area contributed by atoms with Crippen LogP contribution in [0.25, 0.3) is 0 Å². The summed E-state index contributed by atoms with van der Waals surface area (Å²) in [6.07, 6.45) is -0.874. The molecule has 2 amide bonds. The Morgan fingerprint density at radius 2 is 1.94 bits per heavy atom. The van der Waals surface area contributed by atoms with Gasteiger partial charge in [0.05, 0.1) is 5.69 Å². The normalized spacial score (nSPS) is 17.5. The molecular weight excluding hydrogens is 415 g/mol. The van der Waals surface area contributed by atoms with Crippen LogP contribution in [0.4, 0.5) is 18.9 Å². The van der Waals surface area contributed by atoms with Crippen molar-refractivity contribution >= 4 is 17.5 Å². The number of ether oxygens (including phenoxy) is 1. The van der Waals surface area contributed by atoms with Crippen LogP contribution >= 0.6 is 0 Å². The quantitative estimate of drug-likeness (QED) is 0.722. The van der Waals surface area contributed by atoms with Crippen molar-refractivity contribution in [1.29, 1.82) is 0 Å². The summed E-state index contributed by atoms with van der Waals surface area (Å²) >= 11 is 0. The molecule has 2 aromatic heterocycles. The zero-order valence-corrected chi connectivity index (χ0v) is 16.6. The first kappa shape index (κ1) is 21.3. The minimum absolute atomic E-state index is 0.0655. The second kappa shape index (κ2) is 8.29. The van der Waals surface area contributed by atoms with E-state index in [-0.39, 0.29) is 35.5 Å². The first-order valence-electron chi connectivity index (χ1n) is 10.1. The number of anilines is 1. The van der Waals surface area contributed by atoms with Crippen LogP contribution in [0.2, 0.25) is 0 Å². The van der Waals surface area contributed by atoms with E-state index in [1.165, 1.54) is 23.0 Å². The molecule has 0 spiro atoms. The first-order valence-corrected chi connectivity index (χ1v) is 10.1. The minimum Gasteiger partial charge on any atom is -0.381 e. The molecule has 166 valence electrons. The Hall–Kier alpha value is -2.95. The molecule has 3 N–H and O–H groups in total. The third-order valence-corrected chi connectivity index (χ3v) is 5.48. The summed E-state index contributed by atoms with van der Waals surface area (Å²) < 4.78 is 48.6. The molecule has 0 bridgehead atoms. The maximum atomic E-state index is 14.0. The number of amides is 2. The Balaban J connectivity index is 1.71. The van der Waals surface area contributed by atoms with Gasteiger partial charge in [0.15, 0.2) is 0 Å². The van der Waals surface area contributed by atoms with Gasteiger partial charge in [0.1, 0.15) is 17.0 Å². The van der Waals surface area contributed by atoms with Crippen LogP contribution in [0.5, 0.6) is 0 Å². The molecule has 1 saturated carbocycles. The Labute approximate surface area is 176 Å². The molecule has 2 aliphatic rings. The van der Waals surface area contributed by atoms with Gasteiger partial charge in [-0.1, -0.05) is 0 Å². The van der Waals surface area contributed by atoms with E-state index in [1.54, 1.807) is 0 Å². The van der Waals surface area contributed by atoms with Crippen molar-refractivity contribution in [2.24, 2.45) is 11.7 Å². The lowest BCUT2D eigenvalue weighted by atomic mass is 10.0. The highest BCUT2D eigenvalue weighted by Crippen LogP contribution is 2.46. The monoisotopic (exact) mass is 437 g/mol. The molecule has 11 heteroatoms. The Kier molecular flexibility index (Phi) is 5.69. The summed E-state index contributed by atoms with van der Waals surface area (Å²) in [7, 11) is 0. The number of primary amides is 1. The fourth-order valence-corrected chi connectivity index (χ4v) is 3.77. The largest absolute Gasteiger partial charge is 0.420 e. The van der Waals surface area contributed by atoms with E-state index in [2.05, 4.69) is 15.4 Å². The van der Waals surface area contributed by atoms with Crippen molar-refractivity contribution in [2.75, 3.05) is 18.5 Å². The maximum Gasteiger partial charge on any atom is 0.420 e. The van der Waals surface area contributed by atoms with Crippen LogP contribution in [0.3, 0.4) is 0 Å². The summed E-state index contributed by atoms with van der Waals surface area (Å²) in [5, 5.41) is 6.69. The van der Waals surface area contributed by atoms with Gasteiger partial charge in [-0.2, -0.15) is 18.3 Å². The second-order valence-corrected chi connectivity index (χ2v) is 7.87. The summed E-state index contributed by atoms with van der Waals surface area (Å²) in [6.45, 7) is 1.26. The number of carbonyl (C=O) groups excluding carboxylic acids is 2. The predicted molar refractivity (Wildman–Crippen MR) is 103 cm³/mol. The molecule has 0 unspecified atom stereocenters. The standard InChI is InChI=1S/C20H22F3N5O3/c21-20(22,23)15-16(12-1-2-12)27-28(10-11-4-7-31-8-5-11)17(15)19(30)26-13-3-6-25-14(9-13)18(24)29/h3,6,9,11-12H,1-2,4-5,7-8,10H2,(H2,24,29)(H,25,26,30). The summed E-state index contributed by atoms with van der Waals surface area (Å²) in [5.41, 5.74) is 3.63. The predicted octanol–water partition coefficient (Wildman–Crippen LogP) is 2.95. The number of nitrogens with two attached hydrogens (primary N) is 1. The van der Waals surface area contributed by atoms with Crippen LogP contribution in [-0.4, -0.2) is 39.8 Å². The van der Waals surface area contributed by atoms with Crippen LogP contribution in [0.1, 0.15) is 63.8 Å². The fraction of sp³-hybridized carbons (Fsp3) is 0.500. The molecule has 2 fully saturated rings. The van der Waals surface area contributed by atoms with Gasteiger partial charge in [0.2, 0.25) is 0 Å². The first-order chi connectivity index (χ1) is 14.7. The SMILES string of the molecule is NC(=O)c1cc(NC(=O)c2c(C(F)(F)F)c(C3CC3)nn2CC2CCOCC2)ccn1. The Morgan fingerprint density at radius 3 is 2.55 bits per heavy atom. The van der Waals surface area contributed by atoms with Crippen molar-refractivity contribution in [3.8, 4) is 0 Å². The highest BCUT2D eigenvalue weighted by atomic mass is 19.4. The third-order valence-electron chi connectivity index (χ3n) is 5.48. The summed E-state index contributed by atoms with van der Waals surface area (Å²) in [5.74, 6) is -1.98. The number of alkyl halides is 3. The number of nitrogens with one attached hydrogen (secondary N) is 1. The zero-order valence-electron chi connectivity index (χ0n) is 16.6. The van der Waals surface area contributed by atoms with E-state index < -0.39 is 29.2 Å². The van der Waals surface area contributed by atoms with Crippen LogP contribution in [0, 0.1) is 5.92 Å². The molecule has 3 heterocycles. The average Bonchev–Trinajstić information content (AvgIpc) is 3.49. The molecule has 1 saturated heterocycles. The lowest BCUT2D eigenvalue weighted by molar-refractivity contribution is -0.138. The molecule has 1 aliphatic heterocycles. The number of carbonyl (C=O) groups is 2. The third kappa shape index (κ3) is 4.71. The number of nitrogens with zero attached hydrogens (tertiary/aromatic N) is 3. The van der Waals surface area contributed by atoms with Crippen molar-refractivity contribution < 1.29 is 27.5 Å². The maximum absolute atomic E-state index is 14.0. The summed E-state index contributed by atoms with van der Waals surface area (Å²) in [6, 6.07) is 2.59. The number of hydrogen-bond donors (Lipinski definition) is 2. The van der Waals surface area contributed by atoms with Gasteiger partial charge in [0.25, 0.3) is 11.8 Å². The molecule has 0 atom stereocenters. The van der Waals surface area contributed by atoms with Gasteiger partial charge in [-0.05, 0) is 43.7 Å². The van der Waals surface area contributed by atoms with Gasteiger partial charge in [-0.3, -0.25) is 19.3 Å². The van der Waals surface area contributed by atoms with Crippen molar-refractivity contribution in [3.05, 3.63) is 41.0 Å².